The van der Waals surface area contributed by atoms with E-state index in [2.05, 4.69) is 0 Å². The van der Waals surface area contributed by atoms with Crippen LogP contribution in [0.15, 0.2) is 0 Å². The van der Waals surface area contributed by atoms with E-state index < -0.39 is 0 Å². The minimum Gasteiger partial charge on any atom is -0.378 e. The fourth-order valence-electron chi connectivity index (χ4n) is 1.84. The minimum absolute atomic E-state index is 0.0426. The fourth-order valence-corrected chi connectivity index (χ4v) is 1.84. The van der Waals surface area contributed by atoms with E-state index in [4.69, 9.17) is 4.74 Å². The fraction of sp³-hybridized carbons (Fsp3) is 0.917. The molecule has 0 amide bonds. The van der Waals surface area contributed by atoms with Gasteiger partial charge in [-0.05, 0) is 25.7 Å². The lowest BCUT2D eigenvalue weighted by Crippen LogP contribution is -2.40. The SMILES string of the molecule is COC1(CCC(=O)C(C)(C)C)CCC1. The molecule has 14 heavy (non-hydrogen) atoms. The van der Waals surface area contributed by atoms with Crippen LogP contribution in [-0.2, 0) is 9.53 Å². The molecule has 2 nitrogen and oxygen atoms in total. The van der Waals surface area contributed by atoms with Crippen molar-refractivity contribution in [2.75, 3.05) is 7.11 Å². The van der Waals surface area contributed by atoms with Crippen molar-refractivity contribution in [3.05, 3.63) is 0 Å². The van der Waals surface area contributed by atoms with E-state index >= 15 is 0 Å². The summed E-state index contributed by atoms with van der Waals surface area (Å²) < 4.78 is 5.48. The van der Waals surface area contributed by atoms with Crippen LogP contribution in [0.25, 0.3) is 0 Å². The Kier molecular flexibility index (Phi) is 3.36. The summed E-state index contributed by atoms with van der Waals surface area (Å²) in [5.74, 6) is 0.348. The Morgan fingerprint density at radius 3 is 2.21 bits per heavy atom. The van der Waals surface area contributed by atoms with Crippen molar-refractivity contribution < 1.29 is 9.53 Å². The highest BCUT2D eigenvalue weighted by Crippen LogP contribution is 2.39. The highest BCUT2D eigenvalue weighted by Gasteiger charge is 2.37. The number of Topliss-reactive ketones (excluding diaryl/α,β-unsaturated/α-hetero) is 1. The minimum atomic E-state index is -0.196. The normalized spacial score (nSPS) is 20.3. The van der Waals surface area contributed by atoms with Crippen LogP contribution in [-0.4, -0.2) is 18.5 Å². The van der Waals surface area contributed by atoms with Gasteiger partial charge in [-0.1, -0.05) is 20.8 Å². The highest BCUT2D eigenvalue weighted by molar-refractivity contribution is 5.83. The van der Waals surface area contributed by atoms with E-state index in [-0.39, 0.29) is 11.0 Å². The second-order valence-corrected chi connectivity index (χ2v) is 5.41. The molecule has 0 aliphatic heterocycles. The molecule has 0 bridgehead atoms. The number of ketones is 1. The van der Waals surface area contributed by atoms with Gasteiger partial charge in [-0.15, -0.1) is 0 Å². The first-order valence-corrected chi connectivity index (χ1v) is 5.48. The molecule has 1 aliphatic rings. The van der Waals surface area contributed by atoms with Crippen LogP contribution in [0, 0.1) is 5.41 Å². The summed E-state index contributed by atoms with van der Waals surface area (Å²) in [5.41, 5.74) is -0.153. The quantitative estimate of drug-likeness (QED) is 0.694. The van der Waals surface area contributed by atoms with Gasteiger partial charge in [-0.3, -0.25) is 4.79 Å². The lowest BCUT2D eigenvalue weighted by atomic mass is 9.75. The Morgan fingerprint density at radius 1 is 1.36 bits per heavy atom. The summed E-state index contributed by atoms with van der Waals surface area (Å²) in [5, 5.41) is 0. The van der Waals surface area contributed by atoms with Gasteiger partial charge in [0.05, 0.1) is 5.60 Å². The smallest absolute Gasteiger partial charge is 0.138 e. The van der Waals surface area contributed by atoms with Crippen molar-refractivity contribution >= 4 is 5.78 Å². The van der Waals surface area contributed by atoms with Crippen LogP contribution >= 0.6 is 0 Å². The zero-order valence-electron chi connectivity index (χ0n) is 9.85. The third-order valence-electron chi connectivity index (χ3n) is 3.34. The average Bonchev–Trinajstić information content (AvgIpc) is 2.01. The van der Waals surface area contributed by atoms with Gasteiger partial charge in [0.15, 0.2) is 0 Å². The van der Waals surface area contributed by atoms with Gasteiger partial charge < -0.3 is 4.74 Å². The largest absolute Gasteiger partial charge is 0.378 e. The monoisotopic (exact) mass is 198 g/mol. The molecular formula is C12H22O2. The third kappa shape index (κ3) is 2.57. The van der Waals surface area contributed by atoms with E-state index in [1.165, 1.54) is 6.42 Å². The summed E-state index contributed by atoms with van der Waals surface area (Å²) in [6.07, 6.45) is 5.07. The first-order valence-electron chi connectivity index (χ1n) is 5.48. The Bertz CT molecular complexity index is 203. The second-order valence-electron chi connectivity index (χ2n) is 5.41. The van der Waals surface area contributed by atoms with Gasteiger partial charge >= 0.3 is 0 Å². The van der Waals surface area contributed by atoms with E-state index in [0.29, 0.717) is 12.2 Å². The lowest BCUT2D eigenvalue weighted by Gasteiger charge is -2.40. The molecule has 1 fully saturated rings. The molecular weight excluding hydrogens is 176 g/mol. The van der Waals surface area contributed by atoms with Crippen LogP contribution in [0.2, 0.25) is 0 Å². The third-order valence-corrected chi connectivity index (χ3v) is 3.34. The van der Waals surface area contributed by atoms with Gasteiger partial charge in [0.2, 0.25) is 0 Å². The van der Waals surface area contributed by atoms with Gasteiger partial charge in [-0.25, -0.2) is 0 Å². The average molecular weight is 198 g/mol. The molecule has 1 rings (SSSR count). The summed E-state index contributed by atoms with van der Waals surface area (Å²) in [6, 6.07) is 0. The zero-order chi connectivity index (χ0) is 10.8. The molecule has 2 heteroatoms. The summed E-state index contributed by atoms with van der Waals surface area (Å²) in [7, 11) is 1.76. The Morgan fingerprint density at radius 2 is 1.93 bits per heavy atom. The molecule has 0 spiro atoms. The van der Waals surface area contributed by atoms with Crippen LogP contribution in [0.1, 0.15) is 52.9 Å². The summed E-state index contributed by atoms with van der Waals surface area (Å²) in [6.45, 7) is 5.95. The standard InChI is InChI=1S/C12H22O2/c1-11(2,3)10(13)6-9-12(14-4)7-5-8-12/h5-9H2,1-4H3. The van der Waals surface area contributed by atoms with E-state index in [0.717, 1.165) is 19.3 Å². The number of carbonyl (C=O) groups excluding carboxylic acids is 1. The summed E-state index contributed by atoms with van der Waals surface area (Å²) in [4.78, 5) is 11.7. The number of hydrogen-bond acceptors (Lipinski definition) is 2. The Labute approximate surface area is 87.0 Å². The molecule has 0 aromatic heterocycles. The van der Waals surface area contributed by atoms with Crippen molar-refractivity contribution in [1.29, 1.82) is 0 Å². The highest BCUT2D eigenvalue weighted by atomic mass is 16.5. The van der Waals surface area contributed by atoms with Crippen LogP contribution < -0.4 is 0 Å². The molecule has 82 valence electrons. The maximum atomic E-state index is 11.7. The Balaban J connectivity index is 2.36. The van der Waals surface area contributed by atoms with Crippen LogP contribution in [0.4, 0.5) is 0 Å². The molecule has 0 atom stereocenters. The first-order chi connectivity index (χ1) is 6.40. The number of ether oxygens (including phenoxy) is 1. The number of rotatable bonds is 4. The molecule has 1 saturated carbocycles. The second kappa shape index (κ2) is 4.01. The molecule has 0 N–H and O–H groups in total. The number of hydrogen-bond donors (Lipinski definition) is 0. The van der Waals surface area contributed by atoms with Crippen molar-refractivity contribution in [3.63, 3.8) is 0 Å². The van der Waals surface area contributed by atoms with Gasteiger partial charge in [0.25, 0.3) is 0 Å². The van der Waals surface area contributed by atoms with E-state index in [1.54, 1.807) is 7.11 Å². The van der Waals surface area contributed by atoms with Crippen LogP contribution in [0.3, 0.4) is 0 Å². The van der Waals surface area contributed by atoms with Crippen molar-refractivity contribution in [1.82, 2.24) is 0 Å². The number of methoxy groups -OCH3 is 1. The maximum absolute atomic E-state index is 11.7. The number of carbonyl (C=O) groups is 1. The van der Waals surface area contributed by atoms with Crippen molar-refractivity contribution in [2.45, 2.75) is 58.5 Å². The van der Waals surface area contributed by atoms with E-state index in [1.807, 2.05) is 20.8 Å². The molecule has 0 saturated heterocycles. The Hall–Kier alpha value is -0.370. The maximum Gasteiger partial charge on any atom is 0.138 e. The molecule has 1 aliphatic carbocycles. The molecule has 0 radical (unpaired) electrons. The molecule has 0 heterocycles. The first kappa shape index (κ1) is 11.7. The van der Waals surface area contributed by atoms with Gasteiger partial charge in [0.1, 0.15) is 5.78 Å². The molecule has 0 aromatic carbocycles. The lowest BCUT2D eigenvalue weighted by molar-refractivity contribution is -0.130. The molecule has 0 aromatic rings. The predicted octanol–water partition coefficient (Wildman–Crippen LogP) is 2.95. The van der Waals surface area contributed by atoms with Crippen LogP contribution in [0.5, 0.6) is 0 Å². The topological polar surface area (TPSA) is 26.3 Å². The predicted molar refractivity (Wildman–Crippen MR) is 57.3 cm³/mol. The zero-order valence-corrected chi connectivity index (χ0v) is 9.85. The van der Waals surface area contributed by atoms with Crippen molar-refractivity contribution in [2.24, 2.45) is 5.41 Å². The van der Waals surface area contributed by atoms with E-state index in [9.17, 15) is 4.79 Å². The van der Waals surface area contributed by atoms with Crippen molar-refractivity contribution in [3.8, 4) is 0 Å². The van der Waals surface area contributed by atoms with Gasteiger partial charge in [0, 0.05) is 18.9 Å². The van der Waals surface area contributed by atoms with Gasteiger partial charge in [-0.2, -0.15) is 0 Å². The molecule has 0 unspecified atom stereocenters. The summed E-state index contributed by atoms with van der Waals surface area (Å²) >= 11 is 0.